The van der Waals surface area contributed by atoms with Crippen LogP contribution in [0.15, 0.2) is 6.20 Å². The largest absolute Gasteiger partial charge is 0.267 e. The van der Waals surface area contributed by atoms with E-state index >= 15 is 0 Å². The molecule has 0 aromatic carbocycles. The first-order valence-corrected chi connectivity index (χ1v) is 5.82. The molecule has 0 fully saturated rings. The van der Waals surface area contributed by atoms with Crippen molar-refractivity contribution in [2.24, 2.45) is 0 Å². The summed E-state index contributed by atoms with van der Waals surface area (Å²) in [5.74, 6) is 0.539. The highest BCUT2D eigenvalue weighted by atomic mass is 79.9. The van der Waals surface area contributed by atoms with Gasteiger partial charge in [-0.1, -0.05) is 29.8 Å². The predicted octanol–water partition coefficient (Wildman–Crippen LogP) is 3.48. The molecule has 0 N–H and O–H groups in total. The van der Waals surface area contributed by atoms with Crippen molar-refractivity contribution >= 4 is 15.9 Å². The van der Waals surface area contributed by atoms with Gasteiger partial charge in [0.15, 0.2) is 0 Å². The van der Waals surface area contributed by atoms with Crippen LogP contribution in [0.1, 0.15) is 50.9 Å². The number of rotatable bonds is 3. The molecule has 0 radical (unpaired) electrons. The molecule has 0 bridgehead atoms. The summed E-state index contributed by atoms with van der Waals surface area (Å²) in [6.45, 7) is 8.75. The molecule has 1 aromatic heterocycles. The third kappa shape index (κ3) is 2.13. The molecular weight excluding hydrogens is 228 g/mol. The molecule has 3 heteroatoms. The third-order valence-electron chi connectivity index (χ3n) is 2.09. The van der Waals surface area contributed by atoms with E-state index in [4.69, 9.17) is 0 Å². The van der Waals surface area contributed by atoms with Crippen molar-refractivity contribution in [3.8, 4) is 0 Å². The Hall–Kier alpha value is -0.310. The van der Waals surface area contributed by atoms with E-state index in [-0.39, 0.29) is 0 Å². The maximum atomic E-state index is 4.39. The summed E-state index contributed by atoms with van der Waals surface area (Å²) in [5, 5.41) is 5.29. The molecule has 74 valence electrons. The quantitative estimate of drug-likeness (QED) is 0.745. The minimum absolute atomic E-state index is 0.449. The molecule has 1 rings (SSSR count). The number of halogens is 1. The highest BCUT2D eigenvalue weighted by Crippen LogP contribution is 2.23. The topological polar surface area (TPSA) is 17.8 Å². The lowest BCUT2D eigenvalue weighted by atomic mass is 10.1. The van der Waals surface area contributed by atoms with E-state index < -0.39 is 0 Å². The van der Waals surface area contributed by atoms with Gasteiger partial charge in [-0.3, -0.25) is 4.68 Å². The molecular formula is C10H17BrN2. The van der Waals surface area contributed by atoms with Gasteiger partial charge in [0.05, 0.1) is 6.20 Å². The zero-order chi connectivity index (χ0) is 10.0. The van der Waals surface area contributed by atoms with Gasteiger partial charge in [-0.25, -0.2) is 0 Å². The number of hydrogen-bond donors (Lipinski definition) is 0. The Labute approximate surface area is 88.5 Å². The van der Waals surface area contributed by atoms with Gasteiger partial charge in [0.25, 0.3) is 0 Å². The van der Waals surface area contributed by atoms with Crippen LogP contribution in [0.3, 0.4) is 0 Å². The van der Waals surface area contributed by atoms with Crippen LogP contribution in [0.4, 0.5) is 0 Å². The second-order valence-electron chi connectivity index (χ2n) is 3.88. The van der Waals surface area contributed by atoms with Gasteiger partial charge in [-0.05, 0) is 19.8 Å². The van der Waals surface area contributed by atoms with Crippen LogP contribution >= 0.6 is 15.9 Å². The van der Waals surface area contributed by atoms with Crippen molar-refractivity contribution in [3.63, 3.8) is 0 Å². The zero-order valence-corrected chi connectivity index (χ0v) is 10.3. The molecule has 0 atom stereocenters. The van der Waals surface area contributed by atoms with E-state index in [0.717, 1.165) is 5.33 Å². The van der Waals surface area contributed by atoms with Crippen LogP contribution < -0.4 is 0 Å². The maximum absolute atomic E-state index is 4.39. The number of alkyl halides is 1. The highest BCUT2D eigenvalue weighted by molar-refractivity contribution is 9.08. The van der Waals surface area contributed by atoms with E-state index in [1.807, 2.05) is 6.20 Å². The van der Waals surface area contributed by atoms with E-state index in [0.29, 0.717) is 12.0 Å². The molecule has 0 aliphatic carbocycles. The fourth-order valence-electron chi connectivity index (χ4n) is 1.56. The average Bonchev–Trinajstić information content (AvgIpc) is 2.46. The molecule has 1 aromatic rings. The molecule has 0 spiro atoms. The Balaban J connectivity index is 3.14. The fraction of sp³-hybridized carbons (Fsp3) is 0.700. The van der Waals surface area contributed by atoms with Crippen molar-refractivity contribution in [2.75, 3.05) is 0 Å². The molecule has 0 saturated heterocycles. The van der Waals surface area contributed by atoms with Crippen LogP contribution in [-0.4, -0.2) is 9.78 Å². The van der Waals surface area contributed by atoms with Gasteiger partial charge in [-0.2, -0.15) is 5.10 Å². The highest BCUT2D eigenvalue weighted by Gasteiger charge is 2.14. The molecule has 0 aliphatic heterocycles. The summed E-state index contributed by atoms with van der Waals surface area (Å²) in [6, 6.07) is 0.449. The lowest BCUT2D eigenvalue weighted by molar-refractivity contribution is 0.497. The van der Waals surface area contributed by atoms with Gasteiger partial charge in [0.1, 0.15) is 0 Å². The van der Waals surface area contributed by atoms with Crippen molar-refractivity contribution in [2.45, 2.75) is 45.0 Å². The van der Waals surface area contributed by atoms with Crippen molar-refractivity contribution < 1.29 is 0 Å². The summed E-state index contributed by atoms with van der Waals surface area (Å²) >= 11 is 3.49. The Morgan fingerprint density at radius 3 is 2.38 bits per heavy atom. The summed E-state index contributed by atoms with van der Waals surface area (Å²) in [4.78, 5) is 0. The van der Waals surface area contributed by atoms with Crippen LogP contribution in [0.2, 0.25) is 0 Å². The Morgan fingerprint density at radius 2 is 2.00 bits per heavy atom. The van der Waals surface area contributed by atoms with E-state index in [1.54, 1.807) is 0 Å². The zero-order valence-electron chi connectivity index (χ0n) is 8.71. The standard InChI is InChI=1S/C10H17BrN2/c1-7(2)10-9(5-11)6-12-13(10)8(3)4/h6-8H,5H2,1-4H3. The fourth-order valence-corrected chi connectivity index (χ4v) is 1.99. The van der Waals surface area contributed by atoms with Crippen molar-refractivity contribution in [3.05, 3.63) is 17.5 Å². The molecule has 0 amide bonds. The second kappa shape index (κ2) is 4.27. The normalized spacial score (nSPS) is 11.6. The van der Waals surface area contributed by atoms with Crippen LogP contribution in [-0.2, 0) is 5.33 Å². The predicted molar refractivity (Wildman–Crippen MR) is 59.3 cm³/mol. The van der Waals surface area contributed by atoms with Gasteiger partial charge in [-0.15, -0.1) is 0 Å². The SMILES string of the molecule is CC(C)c1c(CBr)cnn1C(C)C. The third-order valence-corrected chi connectivity index (χ3v) is 2.70. The number of aromatic nitrogens is 2. The average molecular weight is 245 g/mol. The second-order valence-corrected chi connectivity index (χ2v) is 4.44. The summed E-state index contributed by atoms with van der Waals surface area (Å²) in [5.41, 5.74) is 2.66. The molecule has 1 heterocycles. The van der Waals surface area contributed by atoms with Crippen molar-refractivity contribution in [1.29, 1.82) is 0 Å². The van der Waals surface area contributed by atoms with E-state index in [9.17, 15) is 0 Å². The first kappa shape index (κ1) is 10.8. The van der Waals surface area contributed by atoms with Crippen LogP contribution in [0, 0.1) is 0 Å². The van der Waals surface area contributed by atoms with Gasteiger partial charge >= 0.3 is 0 Å². The van der Waals surface area contributed by atoms with Crippen LogP contribution in [0.25, 0.3) is 0 Å². The minimum atomic E-state index is 0.449. The van der Waals surface area contributed by atoms with Crippen molar-refractivity contribution in [1.82, 2.24) is 9.78 Å². The monoisotopic (exact) mass is 244 g/mol. The molecule has 0 saturated carbocycles. The minimum Gasteiger partial charge on any atom is -0.267 e. The molecule has 0 unspecified atom stereocenters. The maximum Gasteiger partial charge on any atom is 0.0533 e. The Kier molecular flexibility index (Phi) is 3.54. The lowest BCUT2D eigenvalue weighted by Gasteiger charge is -2.14. The Bertz CT molecular complexity index is 276. The molecule has 13 heavy (non-hydrogen) atoms. The number of hydrogen-bond acceptors (Lipinski definition) is 1. The smallest absolute Gasteiger partial charge is 0.0533 e. The first-order valence-electron chi connectivity index (χ1n) is 4.70. The lowest BCUT2D eigenvalue weighted by Crippen LogP contribution is -2.09. The molecule has 0 aliphatic rings. The van der Waals surface area contributed by atoms with Gasteiger partial charge < -0.3 is 0 Å². The summed E-state index contributed by atoms with van der Waals surface area (Å²) < 4.78 is 2.11. The summed E-state index contributed by atoms with van der Waals surface area (Å²) in [6.07, 6.45) is 1.96. The number of nitrogens with zero attached hydrogens (tertiary/aromatic N) is 2. The molecule has 2 nitrogen and oxygen atoms in total. The Morgan fingerprint density at radius 1 is 1.38 bits per heavy atom. The first-order chi connectivity index (χ1) is 6.07. The van der Waals surface area contributed by atoms with E-state index in [2.05, 4.69) is 53.4 Å². The van der Waals surface area contributed by atoms with Gasteiger partial charge in [0, 0.05) is 22.6 Å². The van der Waals surface area contributed by atoms with E-state index in [1.165, 1.54) is 11.3 Å². The van der Waals surface area contributed by atoms with Gasteiger partial charge in [0.2, 0.25) is 0 Å². The summed E-state index contributed by atoms with van der Waals surface area (Å²) in [7, 11) is 0. The van der Waals surface area contributed by atoms with Crippen LogP contribution in [0.5, 0.6) is 0 Å².